The largest absolute Gasteiger partial charge is 0.336 e. The van der Waals surface area contributed by atoms with Crippen LogP contribution in [0.2, 0.25) is 0 Å². The highest BCUT2D eigenvalue weighted by Gasteiger charge is 2.35. The van der Waals surface area contributed by atoms with E-state index >= 15 is 0 Å². The van der Waals surface area contributed by atoms with Gasteiger partial charge in [0.15, 0.2) is 5.82 Å². The van der Waals surface area contributed by atoms with Gasteiger partial charge in [-0.2, -0.15) is 4.68 Å². The lowest BCUT2D eigenvalue weighted by Gasteiger charge is -2.18. The predicted molar refractivity (Wildman–Crippen MR) is 94.7 cm³/mol. The van der Waals surface area contributed by atoms with Crippen LogP contribution in [-0.2, 0) is 7.05 Å². The Morgan fingerprint density at radius 1 is 1.27 bits per heavy atom. The third-order valence-corrected chi connectivity index (χ3v) is 4.51. The van der Waals surface area contributed by atoms with Crippen molar-refractivity contribution in [1.29, 1.82) is 0 Å². The van der Waals surface area contributed by atoms with Crippen LogP contribution in [0.4, 0.5) is 10.5 Å². The van der Waals surface area contributed by atoms with E-state index < -0.39 is 0 Å². The van der Waals surface area contributed by atoms with Crippen molar-refractivity contribution in [2.75, 3.05) is 5.32 Å². The highest BCUT2D eigenvalue weighted by Crippen LogP contribution is 2.40. The fraction of sp³-hybridized carbons (Fsp3) is 0.353. The van der Waals surface area contributed by atoms with E-state index in [1.807, 2.05) is 49.0 Å². The summed E-state index contributed by atoms with van der Waals surface area (Å²) in [6, 6.07) is 7.05. The van der Waals surface area contributed by atoms with E-state index in [2.05, 4.69) is 31.1 Å². The van der Waals surface area contributed by atoms with E-state index in [0.717, 1.165) is 24.4 Å². The van der Waals surface area contributed by atoms with Crippen LogP contribution >= 0.6 is 0 Å². The molecule has 0 bridgehead atoms. The number of hydrogen-bond donors (Lipinski definition) is 2. The molecule has 2 heterocycles. The number of aryl methyl sites for hydroxylation is 2. The van der Waals surface area contributed by atoms with Crippen LogP contribution in [0.15, 0.2) is 36.7 Å². The van der Waals surface area contributed by atoms with Gasteiger partial charge in [0, 0.05) is 25.1 Å². The first kappa shape index (κ1) is 16.2. The zero-order valence-corrected chi connectivity index (χ0v) is 14.6. The Hall–Kier alpha value is -3.23. The summed E-state index contributed by atoms with van der Waals surface area (Å²) in [6.07, 6.45) is 5.86. The summed E-state index contributed by atoms with van der Waals surface area (Å²) >= 11 is 0. The van der Waals surface area contributed by atoms with Crippen molar-refractivity contribution < 1.29 is 4.79 Å². The van der Waals surface area contributed by atoms with Crippen LogP contribution in [-0.4, -0.2) is 35.8 Å². The Labute approximate surface area is 150 Å². The average Bonchev–Trinajstić information content (AvgIpc) is 3.25. The van der Waals surface area contributed by atoms with Crippen molar-refractivity contribution >= 4 is 11.7 Å². The molecule has 1 aliphatic rings. The van der Waals surface area contributed by atoms with Crippen molar-refractivity contribution in [2.24, 2.45) is 13.0 Å². The van der Waals surface area contributed by atoms with Crippen LogP contribution in [0.3, 0.4) is 0 Å². The first-order valence-electron chi connectivity index (χ1n) is 8.52. The van der Waals surface area contributed by atoms with Crippen LogP contribution in [0.25, 0.3) is 5.69 Å². The Morgan fingerprint density at radius 3 is 2.62 bits per heavy atom. The molecular formula is C17H20N8O. The Morgan fingerprint density at radius 2 is 2.04 bits per heavy atom. The third-order valence-electron chi connectivity index (χ3n) is 4.51. The number of amides is 2. The Bertz CT molecular complexity index is 909. The topological polar surface area (TPSA) is 103 Å². The molecule has 1 aliphatic carbocycles. The molecule has 0 saturated heterocycles. The molecule has 0 spiro atoms. The maximum absolute atomic E-state index is 12.4. The van der Waals surface area contributed by atoms with Crippen LogP contribution in [0, 0.1) is 12.8 Å². The van der Waals surface area contributed by atoms with Gasteiger partial charge in [-0.05, 0) is 60.4 Å². The highest BCUT2D eigenvalue weighted by atomic mass is 16.2. The number of rotatable bonds is 5. The maximum Gasteiger partial charge on any atom is 0.319 e. The normalized spacial score (nSPS) is 14.8. The standard InChI is InChI=1S/C17H20N8O/c1-11-21-22-23-25(11)14-7-5-13(6-8-14)19-17(26)20-15(12-3-4-12)16-18-9-10-24(16)2/h5-10,12,15H,3-4H2,1-2H3,(H2,19,20,26)/t15-/m1/s1. The van der Waals surface area contributed by atoms with Gasteiger partial charge in [0.05, 0.1) is 11.7 Å². The molecule has 26 heavy (non-hydrogen) atoms. The van der Waals surface area contributed by atoms with Gasteiger partial charge >= 0.3 is 6.03 Å². The monoisotopic (exact) mass is 352 g/mol. The molecule has 3 aromatic rings. The molecule has 1 aromatic carbocycles. The van der Waals surface area contributed by atoms with Crippen LogP contribution in [0.1, 0.15) is 30.5 Å². The molecule has 2 amide bonds. The highest BCUT2D eigenvalue weighted by molar-refractivity contribution is 5.89. The smallest absolute Gasteiger partial charge is 0.319 e. The number of imidazole rings is 1. The lowest BCUT2D eigenvalue weighted by atomic mass is 10.1. The van der Waals surface area contributed by atoms with E-state index in [1.54, 1.807) is 10.9 Å². The number of nitrogens with zero attached hydrogens (tertiary/aromatic N) is 6. The van der Waals surface area contributed by atoms with Crippen molar-refractivity contribution in [3.8, 4) is 5.69 Å². The molecule has 9 heteroatoms. The zero-order valence-electron chi connectivity index (χ0n) is 14.6. The van der Waals surface area contributed by atoms with E-state index in [9.17, 15) is 4.79 Å². The molecule has 1 atom stereocenters. The molecule has 2 N–H and O–H groups in total. The molecule has 9 nitrogen and oxygen atoms in total. The number of nitrogens with one attached hydrogen (secondary N) is 2. The Balaban J connectivity index is 1.43. The molecule has 1 fully saturated rings. The minimum absolute atomic E-state index is 0.0712. The minimum atomic E-state index is -0.240. The van der Waals surface area contributed by atoms with Gasteiger partial charge in [0.1, 0.15) is 5.82 Å². The van der Waals surface area contributed by atoms with Gasteiger partial charge in [-0.25, -0.2) is 9.78 Å². The SMILES string of the molecule is Cc1nnnn1-c1ccc(NC(=O)N[C@@H](c2nccn2C)C2CC2)cc1. The molecule has 0 aliphatic heterocycles. The number of tetrazole rings is 1. The van der Waals surface area contributed by atoms with Crippen molar-refractivity contribution in [3.05, 3.63) is 48.3 Å². The van der Waals surface area contributed by atoms with E-state index in [4.69, 9.17) is 0 Å². The number of carbonyl (C=O) groups excluding carboxylic acids is 1. The lowest BCUT2D eigenvalue weighted by Crippen LogP contribution is -2.35. The van der Waals surface area contributed by atoms with Crippen molar-refractivity contribution in [1.82, 2.24) is 35.1 Å². The second-order valence-corrected chi connectivity index (χ2v) is 6.49. The molecule has 134 valence electrons. The number of carbonyl (C=O) groups is 1. The number of benzene rings is 1. The third kappa shape index (κ3) is 3.28. The molecule has 0 unspecified atom stereocenters. The summed E-state index contributed by atoms with van der Waals surface area (Å²) in [5, 5.41) is 17.3. The number of hydrogen-bond acceptors (Lipinski definition) is 5. The second-order valence-electron chi connectivity index (χ2n) is 6.49. The first-order chi connectivity index (χ1) is 12.6. The van der Waals surface area contributed by atoms with E-state index in [-0.39, 0.29) is 12.1 Å². The summed E-state index contributed by atoms with van der Waals surface area (Å²) < 4.78 is 3.58. The lowest BCUT2D eigenvalue weighted by molar-refractivity contribution is 0.246. The summed E-state index contributed by atoms with van der Waals surface area (Å²) in [5.41, 5.74) is 1.54. The zero-order chi connectivity index (χ0) is 18.1. The number of aromatic nitrogens is 6. The first-order valence-corrected chi connectivity index (χ1v) is 8.52. The fourth-order valence-corrected chi connectivity index (χ4v) is 2.96. The maximum atomic E-state index is 12.4. The van der Waals surface area contributed by atoms with Crippen LogP contribution < -0.4 is 10.6 Å². The van der Waals surface area contributed by atoms with Crippen LogP contribution in [0.5, 0.6) is 0 Å². The van der Waals surface area contributed by atoms with Gasteiger partial charge in [-0.3, -0.25) is 0 Å². The number of urea groups is 1. The summed E-state index contributed by atoms with van der Waals surface area (Å²) in [5.74, 6) is 2.03. The summed E-state index contributed by atoms with van der Waals surface area (Å²) in [6.45, 7) is 1.83. The summed E-state index contributed by atoms with van der Waals surface area (Å²) in [4.78, 5) is 16.8. The fourth-order valence-electron chi connectivity index (χ4n) is 2.96. The van der Waals surface area contributed by atoms with Crippen molar-refractivity contribution in [3.63, 3.8) is 0 Å². The summed E-state index contributed by atoms with van der Waals surface area (Å²) in [7, 11) is 1.94. The predicted octanol–water partition coefficient (Wildman–Crippen LogP) is 1.98. The van der Waals surface area contributed by atoms with Gasteiger partial charge in [0.2, 0.25) is 0 Å². The molecule has 4 rings (SSSR count). The van der Waals surface area contributed by atoms with Gasteiger partial charge in [-0.1, -0.05) is 0 Å². The Kier molecular flexibility index (Phi) is 4.11. The van der Waals surface area contributed by atoms with Gasteiger partial charge in [0.25, 0.3) is 0 Å². The van der Waals surface area contributed by atoms with Crippen molar-refractivity contribution in [2.45, 2.75) is 25.8 Å². The quantitative estimate of drug-likeness (QED) is 0.731. The minimum Gasteiger partial charge on any atom is -0.336 e. The van der Waals surface area contributed by atoms with E-state index in [1.165, 1.54) is 0 Å². The molecule has 0 radical (unpaired) electrons. The average molecular weight is 352 g/mol. The van der Waals surface area contributed by atoms with E-state index in [0.29, 0.717) is 17.4 Å². The molecular weight excluding hydrogens is 332 g/mol. The second kappa shape index (κ2) is 6.58. The molecule has 2 aromatic heterocycles. The van der Waals surface area contributed by atoms with Gasteiger partial charge in [-0.15, -0.1) is 5.10 Å². The molecule has 1 saturated carbocycles. The number of anilines is 1. The van der Waals surface area contributed by atoms with Gasteiger partial charge < -0.3 is 15.2 Å².